The molecule has 3 aliphatic rings. The number of benzene rings is 3. The second-order valence-electron chi connectivity index (χ2n) is 12.4. The maximum Gasteiger partial charge on any atom is 0.209 e. The maximum atomic E-state index is 7.31. The summed E-state index contributed by atoms with van der Waals surface area (Å²) < 4.78 is 8.91. The van der Waals surface area contributed by atoms with E-state index in [0.717, 1.165) is 24.4 Å². The van der Waals surface area contributed by atoms with Crippen LogP contribution in [0.25, 0.3) is 4.85 Å². The van der Waals surface area contributed by atoms with Gasteiger partial charge in [0.1, 0.15) is 18.6 Å². The van der Waals surface area contributed by atoms with Crippen LogP contribution in [0.1, 0.15) is 51.7 Å². The summed E-state index contributed by atoms with van der Waals surface area (Å²) in [4.78, 5) is 5.84. The Kier molecular flexibility index (Phi) is 6.78. The molecule has 0 saturated carbocycles. The molecule has 0 aromatic heterocycles. The standard InChI is InChI=1S/C38H38N3O/c1-37(2)30-12-8-10-14-32(30)40(6)34(37)24-18-26-16-17-27(36(26)42-29-22-20-28(39-5)21-23-29)19-25-35-38(3,4)31-13-9-11-15-33(31)41(35)7/h8-15,18-25H,16-17H2,1-4,6-7H3/q+1. The van der Waals surface area contributed by atoms with Crippen LogP contribution in [0.15, 0.2) is 120 Å². The van der Waals surface area contributed by atoms with E-state index in [4.69, 9.17) is 11.3 Å². The van der Waals surface area contributed by atoms with Gasteiger partial charge in [0, 0.05) is 41.6 Å². The van der Waals surface area contributed by atoms with E-state index in [1.165, 1.54) is 45.1 Å². The number of anilines is 1. The minimum atomic E-state index is -0.0889. The lowest BCUT2D eigenvalue weighted by Crippen LogP contribution is -2.26. The van der Waals surface area contributed by atoms with Crippen LogP contribution in [0.5, 0.6) is 5.75 Å². The summed E-state index contributed by atoms with van der Waals surface area (Å²) in [6.07, 6.45) is 10.9. The molecule has 0 bridgehead atoms. The van der Waals surface area contributed by atoms with Crippen LogP contribution in [-0.4, -0.2) is 24.4 Å². The largest absolute Gasteiger partial charge is 0.457 e. The van der Waals surface area contributed by atoms with E-state index in [9.17, 15) is 0 Å². The molecule has 3 aromatic rings. The van der Waals surface area contributed by atoms with Crippen molar-refractivity contribution in [2.75, 3.05) is 19.0 Å². The van der Waals surface area contributed by atoms with Gasteiger partial charge in [0.25, 0.3) is 0 Å². The fourth-order valence-electron chi connectivity index (χ4n) is 6.82. The first-order chi connectivity index (χ1) is 20.1. The number of rotatable bonds is 5. The van der Waals surface area contributed by atoms with Crippen LogP contribution in [0.3, 0.4) is 0 Å². The SMILES string of the molecule is [C-]#[N+]c1ccc(OC2=C(C=CC3=[N+](C)c4ccccc4C3(C)C)CCC2=CC=C2N(C)c3ccccc3C2(C)C)cc1. The summed E-state index contributed by atoms with van der Waals surface area (Å²) in [5.41, 5.74) is 10.5. The first-order valence-electron chi connectivity index (χ1n) is 14.6. The third-order valence-corrected chi connectivity index (χ3v) is 9.20. The smallest absolute Gasteiger partial charge is 0.209 e. The summed E-state index contributed by atoms with van der Waals surface area (Å²) in [7, 11) is 4.31. The van der Waals surface area contributed by atoms with E-state index >= 15 is 0 Å². The molecule has 0 amide bonds. The molecule has 0 spiro atoms. The number of para-hydroxylation sites is 2. The molecular weight excluding hydrogens is 514 g/mol. The van der Waals surface area contributed by atoms with Gasteiger partial charge < -0.3 is 9.64 Å². The van der Waals surface area contributed by atoms with E-state index in [0.29, 0.717) is 5.69 Å². The van der Waals surface area contributed by atoms with Gasteiger partial charge in [0.2, 0.25) is 5.69 Å². The predicted molar refractivity (Wildman–Crippen MR) is 173 cm³/mol. The second-order valence-corrected chi connectivity index (χ2v) is 12.4. The minimum Gasteiger partial charge on any atom is -0.457 e. The Bertz CT molecular complexity index is 1770. The monoisotopic (exact) mass is 552 g/mol. The van der Waals surface area contributed by atoms with E-state index in [1.807, 2.05) is 24.3 Å². The Morgan fingerprint density at radius 2 is 1.52 bits per heavy atom. The second kappa shape index (κ2) is 10.3. The number of ether oxygens (including phenoxy) is 1. The Hall–Kier alpha value is -4.62. The quantitative estimate of drug-likeness (QED) is 0.232. The summed E-state index contributed by atoms with van der Waals surface area (Å²) in [5.74, 6) is 1.65. The molecule has 0 saturated heterocycles. The Morgan fingerprint density at radius 1 is 0.833 bits per heavy atom. The first-order valence-corrected chi connectivity index (χ1v) is 14.6. The highest BCUT2D eigenvalue weighted by atomic mass is 16.5. The molecule has 3 aromatic carbocycles. The molecule has 0 atom stereocenters. The lowest BCUT2D eigenvalue weighted by molar-refractivity contribution is -0.401. The van der Waals surface area contributed by atoms with Crippen molar-refractivity contribution in [3.05, 3.63) is 142 Å². The van der Waals surface area contributed by atoms with Gasteiger partial charge in [-0.05, 0) is 73.7 Å². The van der Waals surface area contributed by atoms with Crippen LogP contribution in [-0.2, 0) is 10.8 Å². The fraction of sp³-hybridized carbons (Fsp3) is 0.263. The van der Waals surface area contributed by atoms with Gasteiger partial charge >= 0.3 is 0 Å². The lowest BCUT2D eigenvalue weighted by atomic mass is 9.81. The van der Waals surface area contributed by atoms with Gasteiger partial charge in [-0.15, -0.1) is 0 Å². The third-order valence-electron chi connectivity index (χ3n) is 9.20. The maximum absolute atomic E-state index is 7.31. The third kappa shape index (κ3) is 4.50. The molecule has 6 rings (SSSR count). The molecule has 0 unspecified atom stereocenters. The average Bonchev–Trinajstić information content (AvgIpc) is 3.53. The van der Waals surface area contributed by atoms with Gasteiger partial charge in [0.15, 0.2) is 11.4 Å². The van der Waals surface area contributed by atoms with Crippen molar-refractivity contribution in [2.24, 2.45) is 0 Å². The summed E-state index contributed by atoms with van der Waals surface area (Å²) in [6.45, 7) is 16.5. The van der Waals surface area contributed by atoms with Gasteiger partial charge in [0.05, 0.1) is 12.0 Å². The van der Waals surface area contributed by atoms with Crippen LogP contribution in [0.2, 0.25) is 0 Å². The highest BCUT2D eigenvalue weighted by Gasteiger charge is 2.42. The topological polar surface area (TPSA) is 19.8 Å². The number of fused-ring (bicyclic) bond motifs is 2. The molecule has 4 heteroatoms. The minimum absolute atomic E-state index is 0.0889. The van der Waals surface area contributed by atoms with Gasteiger partial charge in [-0.2, -0.15) is 4.58 Å². The summed E-state index contributed by atoms with van der Waals surface area (Å²) in [5, 5.41) is 0. The number of hydrogen-bond donors (Lipinski definition) is 0. The molecule has 0 fully saturated rings. The lowest BCUT2D eigenvalue weighted by Gasteiger charge is -2.24. The zero-order valence-corrected chi connectivity index (χ0v) is 25.4. The number of nitrogens with zero attached hydrogens (tertiary/aromatic N) is 3. The van der Waals surface area contributed by atoms with E-state index in [1.54, 1.807) is 0 Å². The summed E-state index contributed by atoms with van der Waals surface area (Å²) >= 11 is 0. The molecule has 2 aliphatic heterocycles. The molecular formula is C38H38N3O+. The molecule has 1 aliphatic carbocycles. The Morgan fingerprint density at radius 3 is 2.21 bits per heavy atom. The van der Waals surface area contributed by atoms with E-state index in [2.05, 4.69) is 129 Å². The van der Waals surface area contributed by atoms with Gasteiger partial charge in [-0.25, -0.2) is 4.85 Å². The van der Waals surface area contributed by atoms with Crippen LogP contribution in [0, 0.1) is 6.57 Å². The van der Waals surface area contributed by atoms with E-state index in [-0.39, 0.29) is 10.8 Å². The van der Waals surface area contributed by atoms with Crippen LogP contribution in [0.4, 0.5) is 17.1 Å². The van der Waals surface area contributed by atoms with Crippen LogP contribution < -0.4 is 9.64 Å². The normalized spacial score (nSPS) is 20.5. The molecule has 2 heterocycles. The molecule has 42 heavy (non-hydrogen) atoms. The van der Waals surface area contributed by atoms with Crippen molar-refractivity contribution in [2.45, 2.75) is 51.4 Å². The van der Waals surface area contributed by atoms with Crippen molar-refractivity contribution in [3.8, 4) is 5.75 Å². The van der Waals surface area contributed by atoms with Crippen molar-refractivity contribution < 1.29 is 9.31 Å². The van der Waals surface area contributed by atoms with Crippen LogP contribution >= 0.6 is 0 Å². The molecule has 0 N–H and O–H groups in total. The average molecular weight is 553 g/mol. The van der Waals surface area contributed by atoms with Crippen molar-refractivity contribution in [1.29, 1.82) is 0 Å². The highest BCUT2D eigenvalue weighted by molar-refractivity contribution is 6.03. The first kappa shape index (κ1) is 27.5. The number of likely N-dealkylation sites (N-methyl/N-ethyl adjacent to an activating group) is 1. The zero-order chi connectivity index (χ0) is 29.6. The zero-order valence-electron chi connectivity index (χ0n) is 25.4. The Labute approximate surface area is 250 Å². The molecule has 0 radical (unpaired) electrons. The molecule has 4 nitrogen and oxygen atoms in total. The number of hydrogen-bond acceptors (Lipinski definition) is 2. The van der Waals surface area contributed by atoms with Gasteiger partial charge in [-0.3, -0.25) is 0 Å². The number of allylic oxidation sites excluding steroid dienone is 7. The summed E-state index contributed by atoms with van der Waals surface area (Å²) in [6, 6.07) is 24.7. The fourth-order valence-corrected chi connectivity index (χ4v) is 6.82. The van der Waals surface area contributed by atoms with E-state index < -0.39 is 0 Å². The van der Waals surface area contributed by atoms with Crippen molar-refractivity contribution in [3.63, 3.8) is 0 Å². The van der Waals surface area contributed by atoms with Crippen molar-refractivity contribution >= 4 is 22.8 Å². The van der Waals surface area contributed by atoms with Gasteiger partial charge in [-0.1, -0.05) is 68.5 Å². The van der Waals surface area contributed by atoms with Crippen molar-refractivity contribution in [1.82, 2.24) is 0 Å². The molecule has 210 valence electrons. The Balaban J connectivity index is 1.39. The highest BCUT2D eigenvalue weighted by Crippen LogP contribution is 2.47. The predicted octanol–water partition coefficient (Wildman–Crippen LogP) is 9.16.